The molecule has 2 aliphatic rings. The van der Waals surface area contributed by atoms with Gasteiger partial charge in [0.1, 0.15) is 11.3 Å². The lowest BCUT2D eigenvalue weighted by molar-refractivity contribution is -0.384. The maximum atomic E-state index is 13.7. The largest absolute Gasteiger partial charge is 0.378 e. The molecule has 1 N–H and O–H groups in total. The molecular formula is C25H19N3O5. The maximum Gasteiger partial charge on any atom is 0.269 e. The van der Waals surface area contributed by atoms with E-state index >= 15 is 0 Å². The summed E-state index contributed by atoms with van der Waals surface area (Å²) in [5.74, 6) is -2.87. The van der Waals surface area contributed by atoms with Crippen molar-refractivity contribution in [3.05, 3.63) is 99.1 Å². The molecule has 164 valence electrons. The fourth-order valence-corrected chi connectivity index (χ4v) is 4.92. The van der Waals surface area contributed by atoms with E-state index in [9.17, 15) is 24.5 Å². The molecule has 8 nitrogen and oxygen atoms in total. The lowest BCUT2D eigenvalue weighted by atomic mass is 9.64. The number of rotatable bonds is 4. The first kappa shape index (κ1) is 20.6. The molecule has 0 radical (unpaired) electrons. The van der Waals surface area contributed by atoms with E-state index in [1.54, 1.807) is 48.5 Å². The number of anilines is 2. The number of fused-ring (bicyclic) bond motifs is 2. The zero-order valence-electron chi connectivity index (χ0n) is 17.9. The van der Waals surface area contributed by atoms with Crippen molar-refractivity contribution >= 4 is 34.5 Å². The monoisotopic (exact) mass is 441 g/mol. The lowest BCUT2D eigenvalue weighted by Gasteiger charge is -2.32. The summed E-state index contributed by atoms with van der Waals surface area (Å²) < 4.78 is 0. The van der Waals surface area contributed by atoms with E-state index in [0.29, 0.717) is 11.3 Å². The number of nitrogens with one attached hydrogen (secondary N) is 1. The molecule has 1 amide bonds. The second kappa shape index (κ2) is 7.09. The molecule has 0 fully saturated rings. The van der Waals surface area contributed by atoms with E-state index < -0.39 is 33.7 Å². The molecule has 1 aliphatic carbocycles. The standard InChI is InChI=1S/C25H19N3O5/c1-27(2)15-9-7-14(8-10-15)25(21-22(29)17-5-3-4-6-18(17)23(21)30)19-13-16(28(32)33)11-12-20(19)26-24(25)31/h3-13,21H,1-2H3,(H,26,31). The van der Waals surface area contributed by atoms with Crippen LogP contribution < -0.4 is 10.2 Å². The number of hydrogen-bond donors (Lipinski definition) is 1. The normalized spacial score (nSPS) is 19.3. The van der Waals surface area contributed by atoms with Crippen LogP contribution in [-0.2, 0) is 10.2 Å². The Morgan fingerprint density at radius 1 is 0.909 bits per heavy atom. The topological polar surface area (TPSA) is 110 Å². The van der Waals surface area contributed by atoms with Gasteiger partial charge in [0.15, 0.2) is 11.6 Å². The highest BCUT2D eigenvalue weighted by molar-refractivity contribution is 6.31. The molecule has 1 aliphatic heterocycles. The number of carbonyl (C=O) groups is 3. The van der Waals surface area contributed by atoms with Gasteiger partial charge in [-0.3, -0.25) is 24.5 Å². The van der Waals surface area contributed by atoms with Crippen molar-refractivity contribution in [1.82, 2.24) is 0 Å². The fraction of sp³-hybridized carbons (Fsp3) is 0.160. The average molecular weight is 441 g/mol. The molecule has 5 rings (SSSR count). The molecule has 0 bridgehead atoms. The molecule has 1 atom stereocenters. The highest BCUT2D eigenvalue weighted by Gasteiger charge is 2.61. The van der Waals surface area contributed by atoms with Crippen LogP contribution in [0.3, 0.4) is 0 Å². The van der Waals surface area contributed by atoms with Crippen LogP contribution in [-0.4, -0.2) is 36.5 Å². The molecule has 1 heterocycles. The van der Waals surface area contributed by atoms with Gasteiger partial charge in [-0.25, -0.2) is 0 Å². The van der Waals surface area contributed by atoms with Gasteiger partial charge in [-0.1, -0.05) is 36.4 Å². The predicted octanol–water partition coefficient (Wildman–Crippen LogP) is 3.59. The molecule has 0 spiro atoms. The van der Waals surface area contributed by atoms with Gasteiger partial charge in [-0.2, -0.15) is 0 Å². The van der Waals surface area contributed by atoms with E-state index in [2.05, 4.69) is 5.32 Å². The van der Waals surface area contributed by atoms with Crippen LogP contribution in [0.25, 0.3) is 0 Å². The number of Topliss-reactive ketones (excluding diaryl/α,β-unsaturated/α-hetero) is 2. The first-order valence-electron chi connectivity index (χ1n) is 10.3. The van der Waals surface area contributed by atoms with Gasteiger partial charge in [0.2, 0.25) is 5.91 Å². The van der Waals surface area contributed by atoms with E-state index in [1.807, 2.05) is 19.0 Å². The molecule has 3 aromatic rings. The third-order valence-corrected chi connectivity index (χ3v) is 6.50. The number of hydrogen-bond acceptors (Lipinski definition) is 6. The van der Waals surface area contributed by atoms with Gasteiger partial charge in [-0.05, 0) is 23.8 Å². The number of nitrogens with zero attached hydrogens (tertiary/aromatic N) is 2. The Morgan fingerprint density at radius 2 is 1.52 bits per heavy atom. The zero-order valence-corrected chi connectivity index (χ0v) is 17.9. The summed E-state index contributed by atoms with van der Waals surface area (Å²) in [6, 6.07) is 17.5. The maximum absolute atomic E-state index is 13.7. The van der Waals surface area contributed by atoms with Crippen LogP contribution >= 0.6 is 0 Å². The van der Waals surface area contributed by atoms with Crippen LogP contribution in [0.4, 0.5) is 17.1 Å². The first-order chi connectivity index (χ1) is 15.8. The van der Waals surface area contributed by atoms with Crippen molar-refractivity contribution in [2.75, 3.05) is 24.3 Å². The SMILES string of the molecule is CN(C)c1ccc(C2(C3C(=O)c4ccccc4C3=O)C(=O)Nc3ccc([N+](=O)[O-])cc32)cc1. The number of carbonyl (C=O) groups excluding carboxylic acids is 3. The third-order valence-electron chi connectivity index (χ3n) is 6.50. The second-order valence-corrected chi connectivity index (χ2v) is 8.40. The van der Waals surface area contributed by atoms with E-state index in [1.165, 1.54) is 18.2 Å². The Hall–Kier alpha value is -4.33. The smallest absolute Gasteiger partial charge is 0.269 e. The number of amides is 1. The Bertz CT molecular complexity index is 1330. The summed E-state index contributed by atoms with van der Waals surface area (Å²) in [6.45, 7) is 0. The second-order valence-electron chi connectivity index (χ2n) is 8.40. The summed E-state index contributed by atoms with van der Waals surface area (Å²) in [7, 11) is 3.73. The molecule has 33 heavy (non-hydrogen) atoms. The Morgan fingerprint density at radius 3 is 2.06 bits per heavy atom. The minimum Gasteiger partial charge on any atom is -0.378 e. The minimum absolute atomic E-state index is 0.227. The van der Waals surface area contributed by atoms with Crippen LogP contribution in [0.15, 0.2) is 66.7 Å². The molecular weight excluding hydrogens is 422 g/mol. The van der Waals surface area contributed by atoms with Gasteiger partial charge in [0.05, 0.1) is 4.92 Å². The molecule has 1 unspecified atom stereocenters. The molecule has 0 saturated heterocycles. The van der Waals surface area contributed by atoms with E-state index in [0.717, 1.165) is 5.69 Å². The van der Waals surface area contributed by atoms with Crippen molar-refractivity contribution in [1.29, 1.82) is 0 Å². The number of nitro benzene ring substituents is 1. The molecule has 0 aromatic heterocycles. The molecule has 0 saturated carbocycles. The van der Waals surface area contributed by atoms with Crippen molar-refractivity contribution in [3.63, 3.8) is 0 Å². The van der Waals surface area contributed by atoms with Gasteiger partial charge in [-0.15, -0.1) is 0 Å². The summed E-state index contributed by atoms with van der Waals surface area (Å²) in [4.78, 5) is 53.7. The summed E-state index contributed by atoms with van der Waals surface area (Å²) in [5, 5.41) is 14.3. The Labute approximate surface area is 189 Å². The lowest BCUT2D eigenvalue weighted by Crippen LogP contribution is -2.47. The Balaban J connectivity index is 1.82. The zero-order chi connectivity index (χ0) is 23.5. The predicted molar refractivity (Wildman–Crippen MR) is 122 cm³/mol. The molecule has 8 heteroatoms. The number of non-ortho nitro benzene ring substituents is 1. The van der Waals surface area contributed by atoms with Crippen LogP contribution in [0, 0.1) is 16.0 Å². The van der Waals surface area contributed by atoms with Gasteiger partial charge < -0.3 is 10.2 Å². The average Bonchev–Trinajstić information content (AvgIpc) is 3.24. The van der Waals surface area contributed by atoms with Crippen LogP contribution in [0.2, 0.25) is 0 Å². The number of ketones is 2. The van der Waals surface area contributed by atoms with Crippen molar-refractivity contribution in [2.24, 2.45) is 5.92 Å². The van der Waals surface area contributed by atoms with Crippen molar-refractivity contribution in [3.8, 4) is 0 Å². The van der Waals surface area contributed by atoms with E-state index in [4.69, 9.17) is 0 Å². The van der Waals surface area contributed by atoms with Gasteiger partial charge >= 0.3 is 0 Å². The van der Waals surface area contributed by atoms with Crippen LogP contribution in [0.1, 0.15) is 31.8 Å². The minimum atomic E-state index is -1.74. The quantitative estimate of drug-likeness (QED) is 0.376. The first-order valence-corrected chi connectivity index (χ1v) is 10.3. The summed E-state index contributed by atoms with van der Waals surface area (Å²) in [5.41, 5.74) is 0.419. The summed E-state index contributed by atoms with van der Waals surface area (Å²) in [6.07, 6.45) is 0. The highest BCUT2D eigenvalue weighted by atomic mass is 16.6. The number of benzene rings is 3. The highest BCUT2D eigenvalue weighted by Crippen LogP contribution is 2.52. The van der Waals surface area contributed by atoms with E-state index in [-0.39, 0.29) is 22.4 Å². The molecule has 3 aromatic carbocycles. The third kappa shape index (κ3) is 2.73. The summed E-state index contributed by atoms with van der Waals surface area (Å²) >= 11 is 0. The van der Waals surface area contributed by atoms with Crippen molar-refractivity contribution < 1.29 is 19.3 Å². The van der Waals surface area contributed by atoms with Gasteiger partial charge in [0, 0.05) is 54.3 Å². The van der Waals surface area contributed by atoms with Gasteiger partial charge in [0.25, 0.3) is 5.69 Å². The fourth-order valence-electron chi connectivity index (χ4n) is 4.92. The van der Waals surface area contributed by atoms with Crippen LogP contribution in [0.5, 0.6) is 0 Å². The Kier molecular flexibility index (Phi) is 4.42. The number of nitro groups is 1. The van der Waals surface area contributed by atoms with Crippen molar-refractivity contribution in [2.45, 2.75) is 5.41 Å².